The Bertz CT molecular complexity index is 400. The van der Waals surface area contributed by atoms with E-state index in [0.29, 0.717) is 11.3 Å². The molecule has 0 radical (unpaired) electrons. The van der Waals surface area contributed by atoms with Crippen LogP contribution in [0.1, 0.15) is 52.1 Å². The maximum Gasteiger partial charge on any atom is 0.118 e. The first-order valence-electron chi connectivity index (χ1n) is 8.29. The molecule has 1 unspecified atom stereocenters. The minimum atomic E-state index is 0.319. The average molecular weight is 294 g/mol. The highest BCUT2D eigenvalue weighted by Crippen LogP contribution is 2.24. The molecule has 1 aromatic heterocycles. The van der Waals surface area contributed by atoms with Gasteiger partial charge in [-0.25, -0.2) is 0 Å². The highest BCUT2D eigenvalue weighted by Gasteiger charge is 2.25. The summed E-state index contributed by atoms with van der Waals surface area (Å²) in [6, 6.07) is 4.12. The lowest BCUT2D eigenvalue weighted by molar-refractivity contribution is 0.159. The van der Waals surface area contributed by atoms with Crippen LogP contribution in [0.5, 0.6) is 0 Å². The van der Waals surface area contributed by atoms with Gasteiger partial charge in [0.25, 0.3) is 0 Å². The molecule has 1 aromatic rings. The van der Waals surface area contributed by atoms with Gasteiger partial charge in [-0.15, -0.1) is 0 Å². The SMILES string of the molecule is CCCC(C)(CNCC(C)C)CN(C)Cc1ccc(C)o1. The number of hydrogen-bond acceptors (Lipinski definition) is 3. The molecule has 0 amide bonds. The summed E-state index contributed by atoms with van der Waals surface area (Å²) in [5, 5.41) is 3.63. The van der Waals surface area contributed by atoms with Crippen molar-refractivity contribution in [2.45, 2.75) is 54.0 Å². The smallest absolute Gasteiger partial charge is 0.118 e. The zero-order chi connectivity index (χ0) is 15.9. The number of hydrogen-bond donors (Lipinski definition) is 1. The van der Waals surface area contributed by atoms with Gasteiger partial charge in [0.05, 0.1) is 6.54 Å². The van der Waals surface area contributed by atoms with E-state index >= 15 is 0 Å². The van der Waals surface area contributed by atoms with E-state index in [1.807, 2.05) is 13.0 Å². The van der Waals surface area contributed by atoms with Crippen molar-refractivity contribution in [3.05, 3.63) is 23.7 Å². The summed E-state index contributed by atoms with van der Waals surface area (Å²) in [6.07, 6.45) is 2.48. The highest BCUT2D eigenvalue weighted by atomic mass is 16.3. The van der Waals surface area contributed by atoms with Crippen LogP contribution in [0.2, 0.25) is 0 Å². The molecule has 1 heterocycles. The van der Waals surface area contributed by atoms with E-state index in [0.717, 1.165) is 37.7 Å². The van der Waals surface area contributed by atoms with Crippen LogP contribution < -0.4 is 5.32 Å². The van der Waals surface area contributed by atoms with Gasteiger partial charge in [0, 0.05) is 13.1 Å². The molecule has 0 fully saturated rings. The lowest BCUT2D eigenvalue weighted by atomic mass is 9.84. The molecule has 1 atom stereocenters. The van der Waals surface area contributed by atoms with Crippen molar-refractivity contribution in [3.8, 4) is 0 Å². The monoisotopic (exact) mass is 294 g/mol. The van der Waals surface area contributed by atoms with Gasteiger partial charge in [-0.2, -0.15) is 0 Å². The summed E-state index contributed by atoms with van der Waals surface area (Å²) in [7, 11) is 2.19. The van der Waals surface area contributed by atoms with Crippen LogP contribution in [0.25, 0.3) is 0 Å². The molecule has 0 saturated heterocycles. The fourth-order valence-electron chi connectivity index (χ4n) is 3.03. The molecule has 0 aromatic carbocycles. The third-order valence-corrected chi connectivity index (χ3v) is 3.83. The average Bonchev–Trinajstić information content (AvgIpc) is 2.73. The normalized spacial score (nSPS) is 14.9. The van der Waals surface area contributed by atoms with E-state index in [2.05, 4.69) is 51.0 Å². The Morgan fingerprint density at radius 1 is 1.33 bits per heavy atom. The van der Waals surface area contributed by atoms with Crippen molar-refractivity contribution in [1.29, 1.82) is 0 Å². The lowest BCUT2D eigenvalue weighted by Crippen LogP contribution is -2.41. The van der Waals surface area contributed by atoms with Crippen LogP contribution in [0.3, 0.4) is 0 Å². The van der Waals surface area contributed by atoms with Crippen molar-refractivity contribution in [1.82, 2.24) is 10.2 Å². The van der Waals surface area contributed by atoms with Crippen molar-refractivity contribution in [2.24, 2.45) is 11.3 Å². The van der Waals surface area contributed by atoms with Crippen LogP contribution in [0.4, 0.5) is 0 Å². The third-order valence-electron chi connectivity index (χ3n) is 3.83. The van der Waals surface area contributed by atoms with E-state index < -0.39 is 0 Å². The summed E-state index contributed by atoms with van der Waals surface area (Å²) in [4.78, 5) is 2.38. The van der Waals surface area contributed by atoms with Gasteiger partial charge in [0.1, 0.15) is 11.5 Å². The number of nitrogens with one attached hydrogen (secondary N) is 1. The van der Waals surface area contributed by atoms with Gasteiger partial charge in [-0.05, 0) is 50.4 Å². The minimum Gasteiger partial charge on any atom is -0.465 e. The molecule has 0 saturated carbocycles. The summed E-state index contributed by atoms with van der Waals surface area (Å²) in [5.41, 5.74) is 0.319. The Hall–Kier alpha value is -0.800. The number of rotatable bonds is 10. The van der Waals surface area contributed by atoms with Crippen LogP contribution in [-0.2, 0) is 6.54 Å². The van der Waals surface area contributed by atoms with E-state index in [1.54, 1.807) is 0 Å². The molecule has 1 N–H and O–H groups in total. The molecule has 3 heteroatoms. The standard InChI is InChI=1S/C18H34N2O/c1-7-10-18(5,13-19-11-15(2)3)14-20(6)12-17-9-8-16(4)21-17/h8-9,15,19H,7,10-14H2,1-6H3. The van der Waals surface area contributed by atoms with Gasteiger partial charge in [0.15, 0.2) is 0 Å². The Morgan fingerprint density at radius 3 is 2.57 bits per heavy atom. The summed E-state index contributed by atoms with van der Waals surface area (Å²) >= 11 is 0. The van der Waals surface area contributed by atoms with Gasteiger partial charge in [-0.3, -0.25) is 4.90 Å². The molecule has 0 bridgehead atoms. The molecule has 0 aliphatic carbocycles. The molecule has 0 spiro atoms. The van der Waals surface area contributed by atoms with Gasteiger partial charge in [0.2, 0.25) is 0 Å². The maximum atomic E-state index is 5.68. The van der Waals surface area contributed by atoms with E-state index in [9.17, 15) is 0 Å². The first-order chi connectivity index (χ1) is 9.84. The predicted molar refractivity (Wildman–Crippen MR) is 90.5 cm³/mol. The van der Waals surface area contributed by atoms with E-state index in [-0.39, 0.29) is 0 Å². The van der Waals surface area contributed by atoms with Crippen LogP contribution in [0, 0.1) is 18.3 Å². The minimum absolute atomic E-state index is 0.319. The van der Waals surface area contributed by atoms with E-state index in [1.165, 1.54) is 12.8 Å². The van der Waals surface area contributed by atoms with E-state index in [4.69, 9.17) is 4.42 Å². The van der Waals surface area contributed by atoms with Crippen LogP contribution in [-0.4, -0.2) is 31.6 Å². The highest BCUT2D eigenvalue weighted by molar-refractivity contribution is 5.05. The lowest BCUT2D eigenvalue weighted by Gasteiger charge is -2.34. The van der Waals surface area contributed by atoms with Crippen LogP contribution in [0.15, 0.2) is 16.5 Å². The van der Waals surface area contributed by atoms with Gasteiger partial charge < -0.3 is 9.73 Å². The van der Waals surface area contributed by atoms with Crippen molar-refractivity contribution in [3.63, 3.8) is 0 Å². The van der Waals surface area contributed by atoms with Crippen molar-refractivity contribution < 1.29 is 4.42 Å². The Kier molecular flexibility index (Phi) is 7.47. The van der Waals surface area contributed by atoms with Crippen LogP contribution >= 0.6 is 0 Å². The largest absolute Gasteiger partial charge is 0.465 e. The second-order valence-corrected chi connectivity index (χ2v) is 7.27. The van der Waals surface area contributed by atoms with Crippen molar-refractivity contribution >= 4 is 0 Å². The molecule has 1 rings (SSSR count). The predicted octanol–water partition coefficient (Wildman–Crippen LogP) is 4.07. The maximum absolute atomic E-state index is 5.68. The second-order valence-electron chi connectivity index (χ2n) is 7.27. The summed E-state index contributed by atoms with van der Waals surface area (Å²) in [5.74, 6) is 2.76. The summed E-state index contributed by atoms with van der Waals surface area (Å²) in [6.45, 7) is 15.3. The topological polar surface area (TPSA) is 28.4 Å². The first-order valence-corrected chi connectivity index (χ1v) is 8.29. The molecule has 0 aliphatic rings. The number of aryl methyl sites for hydroxylation is 1. The molecule has 21 heavy (non-hydrogen) atoms. The zero-order valence-electron chi connectivity index (χ0n) is 14.8. The molecule has 122 valence electrons. The third kappa shape index (κ3) is 7.14. The Labute approximate surface area is 131 Å². The number of furan rings is 1. The Morgan fingerprint density at radius 2 is 2.05 bits per heavy atom. The van der Waals surface area contributed by atoms with Gasteiger partial charge >= 0.3 is 0 Å². The second kappa shape index (κ2) is 8.60. The molecule has 3 nitrogen and oxygen atoms in total. The first kappa shape index (κ1) is 18.2. The van der Waals surface area contributed by atoms with Crippen molar-refractivity contribution in [2.75, 3.05) is 26.7 Å². The fourth-order valence-corrected chi connectivity index (χ4v) is 3.03. The van der Waals surface area contributed by atoms with Gasteiger partial charge in [-0.1, -0.05) is 34.1 Å². The quantitative estimate of drug-likeness (QED) is 0.705. The Balaban J connectivity index is 2.50. The summed E-state index contributed by atoms with van der Waals surface area (Å²) < 4.78 is 5.68. The molecular formula is C18H34N2O. The fraction of sp³-hybridized carbons (Fsp3) is 0.778. The molecular weight excluding hydrogens is 260 g/mol. The number of nitrogens with zero attached hydrogens (tertiary/aromatic N) is 1. The molecule has 0 aliphatic heterocycles. The zero-order valence-corrected chi connectivity index (χ0v) is 14.8.